The van der Waals surface area contributed by atoms with Crippen molar-refractivity contribution >= 4 is 17.4 Å². The molecule has 37 heavy (non-hydrogen) atoms. The zero-order chi connectivity index (χ0) is 26.5. The maximum Gasteiger partial charge on any atom is 0.295 e. The van der Waals surface area contributed by atoms with Crippen molar-refractivity contribution in [3.8, 4) is 11.5 Å². The predicted molar refractivity (Wildman–Crippen MR) is 143 cm³/mol. The molecular weight excluding hydrogens is 468 g/mol. The molecule has 0 saturated carbocycles. The van der Waals surface area contributed by atoms with E-state index in [1.165, 1.54) is 4.90 Å². The van der Waals surface area contributed by atoms with Gasteiger partial charge in [0.25, 0.3) is 11.7 Å². The van der Waals surface area contributed by atoms with Crippen LogP contribution in [0.3, 0.4) is 0 Å². The molecule has 0 spiro atoms. The van der Waals surface area contributed by atoms with Crippen LogP contribution in [-0.4, -0.2) is 60.9 Å². The third kappa shape index (κ3) is 5.67. The predicted octanol–water partition coefficient (Wildman–Crippen LogP) is 4.57. The van der Waals surface area contributed by atoms with E-state index in [-0.39, 0.29) is 11.3 Å². The number of ether oxygens (including phenoxy) is 2. The number of Topliss-reactive ketones (excluding diaryl/α,β-unsaturated/α-hetero) is 1. The fraction of sp³-hybridized carbons (Fsp3) is 0.267. The Hall–Kier alpha value is -4.10. The average Bonchev–Trinajstić information content (AvgIpc) is 3.16. The summed E-state index contributed by atoms with van der Waals surface area (Å²) in [6.45, 7) is 3.20. The number of likely N-dealkylation sites (tertiary alicyclic amines) is 1. The number of benzene rings is 3. The number of amides is 1. The van der Waals surface area contributed by atoms with Gasteiger partial charge in [-0.25, -0.2) is 0 Å². The van der Waals surface area contributed by atoms with Crippen molar-refractivity contribution in [1.82, 2.24) is 9.80 Å². The van der Waals surface area contributed by atoms with Gasteiger partial charge in [0.1, 0.15) is 23.9 Å². The van der Waals surface area contributed by atoms with Crippen molar-refractivity contribution in [3.05, 3.63) is 101 Å². The number of carbonyl (C=O) groups is 2. The standard InChI is InChI=1S/C30H32N2O5/c1-20-17-23(13-14-25(20)37-19-21-9-6-5-7-10-21)28(33)26-27(22-11-8-12-24(18-22)36-4)32(16-15-31(2)3)30(35)29(26)34/h5-14,17-18,27,33H,15-16,19H2,1-4H3/b28-26-. The lowest BCUT2D eigenvalue weighted by Crippen LogP contribution is -2.35. The van der Waals surface area contributed by atoms with Crippen LogP contribution in [0.2, 0.25) is 0 Å². The van der Waals surface area contributed by atoms with Crippen LogP contribution in [0, 0.1) is 6.92 Å². The summed E-state index contributed by atoms with van der Waals surface area (Å²) >= 11 is 0. The molecule has 1 fully saturated rings. The smallest absolute Gasteiger partial charge is 0.295 e. The molecule has 3 aromatic carbocycles. The third-order valence-electron chi connectivity index (χ3n) is 6.42. The molecule has 0 radical (unpaired) electrons. The molecule has 192 valence electrons. The number of aliphatic hydroxyl groups excluding tert-OH is 1. The normalized spacial score (nSPS) is 16.9. The second-order valence-electron chi connectivity index (χ2n) is 9.33. The summed E-state index contributed by atoms with van der Waals surface area (Å²) in [5, 5.41) is 11.4. The van der Waals surface area contributed by atoms with Crippen molar-refractivity contribution in [1.29, 1.82) is 0 Å². The Morgan fingerprint density at radius 2 is 1.76 bits per heavy atom. The Labute approximate surface area is 217 Å². The molecule has 0 aliphatic carbocycles. The lowest BCUT2D eigenvalue weighted by molar-refractivity contribution is -0.140. The second-order valence-corrected chi connectivity index (χ2v) is 9.33. The molecule has 1 N–H and O–H groups in total. The van der Waals surface area contributed by atoms with Crippen molar-refractivity contribution in [2.45, 2.75) is 19.6 Å². The number of methoxy groups -OCH3 is 1. The van der Waals surface area contributed by atoms with Gasteiger partial charge in [0, 0.05) is 18.7 Å². The van der Waals surface area contributed by atoms with Crippen molar-refractivity contribution in [2.24, 2.45) is 0 Å². The zero-order valence-electron chi connectivity index (χ0n) is 21.6. The van der Waals surface area contributed by atoms with E-state index in [9.17, 15) is 14.7 Å². The number of hydrogen-bond acceptors (Lipinski definition) is 6. The van der Waals surface area contributed by atoms with Gasteiger partial charge in [-0.05, 0) is 68.0 Å². The minimum Gasteiger partial charge on any atom is -0.507 e. The monoisotopic (exact) mass is 500 g/mol. The summed E-state index contributed by atoms with van der Waals surface area (Å²) in [5.74, 6) is -0.263. The van der Waals surface area contributed by atoms with Crippen LogP contribution in [0.25, 0.3) is 5.76 Å². The average molecular weight is 501 g/mol. The molecule has 1 aliphatic rings. The fourth-order valence-corrected chi connectivity index (χ4v) is 4.43. The lowest BCUT2D eigenvalue weighted by atomic mass is 9.94. The highest BCUT2D eigenvalue weighted by molar-refractivity contribution is 6.46. The molecule has 7 nitrogen and oxygen atoms in total. The molecule has 1 amide bonds. The van der Waals surface area contributed by atoms with Crippen LogP contribution in [-0.2, 0) is 16.2 Å². The van der Waals surface area contributed by atoms with E-state index in [1.54, 1.807) is 37.4 Å². The number of rotatable bonds is 9. The van der Waals surface area contributed by atoms with Gasteiger partial charge in [-0.15, -0.1) is 0 Å². The first-order chi connectivity index (χ1) is 17.8. The number of aryl methyl sites for hydroxylation is 1. The van der Waals surface area contributed by atoms with E-state index < -0.39 is 17.7 Å². The Bertz CT molecular complexity index is 1320. The summed E-state index contributed by atoms with van der Waals surface area (Å²) in [7, 11) is 5.37. The Balaban J connectivity index is 1.71. The molecule has 1 aliphatic heterocycles. The van der Waals surface area contributed by atoms with Gasteiger partial charge < -0.3 is 24.4 Å². The Morgan fingerprint density at radius 3 is 2.43 bits per heavy atom. The van der Waals surface area contributed by atoms with Crippen molar-refractivity contribution in [3.63, 3.8) is 0 Å². The second kappa shape index (κ2) is 11.3. The van der Waals surface area contributed by atoms with Crippen molar-refractivity contribution in [2.75, 3.05) is 34.3 Å². The number of hydrogen-bond donors (Lipinski definition) is 1. The number of nitrogens with zero attached hydrogens (tertiary/aromatic N) is 2. The van der Waals surface area contributed by atoms with E-state index >= 15 is 0 Å². The van der Waals surface area contributed by atoms with Crippen LogP contribution in [0.4, 0.5) is 0 Å². The van der Waals surface area contributed by atoms with E-state index in [2.05, 4.69) is 0 Å². The van der Waals surface area contributed by atoms with E-state index in [0.717, 1.165) is 11.1 Å². The van der Waals surface area contributed by atoms with E-state index in [1.807, 2.05) is 68.4 Å². The minimum absolute atomic E-state index is 0.0642. The van der Waals surface area contributed by atoms with Gasteiger partial charge in [0.2, 0.25) is 0 Å². The Morgan fingerprint density at radius 1 is 1.00 bits per heavy atom. The largest absolute Gasteiger partial charge is 0.507 e. The molecule has 1 atom stereocenters. The fourth-order valence-electron chi connectivity index (χ4n) is 4.43. The zero-order valence-corrected chi connectivity index (χ0v) is 21.6. The minimum atomic E-state index is -0.732. The topological polar surface area (TPSA) is 79.3 Å². The van der Waals surface area contributed by atoms with Gasteiger partial charge in [0.05, 0.1) is 18.7 Å². The van der Waals surface area contributed by atoms with Crippen LogP contribution in [0.1, 0.15) is 28.3 Å². The number of ketones is 1. The van der Waals surface area contributed by atoms with Gasteiger partial charge >= 0.3 is 0 Å². The van der Waals surface area contributed by atoms with Gasteiger partial charge in [-0.3, -0.25) is 9.59 Å². The highest BCUT2D eigenvalue weighted by atomic mass is 16.5. The van der Waals surface area contributed by atoms with E-state index in [0.29, 0.717) is 42.3 Å². The summed E-state index contributed by atoms with van der Waals surface area (Å²) < 4.78 is 11.3. The van der Waals surface area contributed by atoms with Crippen LogP contribution < -0.4 is 9.47 Å². The molecule has 1 saturated heterocycles. The summed E-state index contributed by atoms with van der Waals surface area (Å²) in [6, 6.07) is 21.6. The lowest BCUT2D eigenvalue weighted by Gasteiger charge is -2.26. The van der Waals surface area contributed by atoms with Crippen molar-refractivity contribution < 1.29 is 24.2 Å². The maximum atomic E-state index is 13.2. The molecule has 4 rings (SSSR count). The first-order valence-electron chi connectivity index (χ1n) is 12.1. The molecule has 7 heteroatoms. The highest BCUT2D eigenvalue weighted by Gasteiger charge is 2.46. The summed E-state index contributed by atoms with van der Waals surface area (Å²) in [5.41, 5.74) is 3.06. The first kappa shape index (κ1) is 26.0. The van der Waals surface area contributed by atoms with Crippen LogP contribution in [0.15, 0.2) is 78.4 Å². The molecule has 1 heterocycles. The molecule has 0 aromatic heterocycles. The third-order valence-corrected chi connectivity index (χ3v) is 6.42. The summed E-state index contributed by atoms with van der Waals surface area (Å²) in [6.07, 6.45) is 0. The van der Waals surface area contributed by atoms with Gasteiger partial charge in [-0.2, -0.15) is 0 Å². The number of likely N-dealkylation sites (N-methyl/N-ethyl adjacent to an activating group) is 1. The van der Waals surface area contributed by atoms with Gasteiger partial charge in [0.15, 0.2) is 0 Å². The molecule has 3 aromatic rings. The van der Waals surface area contributed by atoms with E-state index in [4.69, 9.17) is 9.47 Å². The molecule has 1 unspecified atom stereocenters. The van der Waals surface area contributed by atoms with Crippen LogP contribution in [0.5, 0.6) is 11.5 Å². The highest BCUT2D eigenvalue weighted by Crippen LogP contribution is 2.40. The maximum absolute atomic E-state index is 13.2. The van der Waals surface area contributed by atoms with Crippen LogP contribution >= 0.6 is 0 Å². The number of aliphatic hydroxyl groups is 1. The molecule has 0 bridgehead atoms. The van der Waals surface area contributed by atoms with Gasteiger partial charge in [-0.1, -0.05) is 42.5 Å². The first-order valence-corrected chi connectivity index (χ1v) is 12.1. The molecular formula is C30H32N2O5. The summed E-state index contributed by atoms with van der Waals surface area (Å²) in [4.78, 5) is 29.8. The quantitative estimate of drug-likeness (QED) is 0.264. The SMILES string of the molecule is COc1cccc(C2/C(=C(/O)c3ccc(OCc4ccccc4)c(C)c3)C(=O)C(=O)N2CCN(C)C)c1. The number of carbonyl (C=O) groups excluding carboxylic acids is 2. The Kier molecular flexibility index (Phi) is 7.94.